The van der Waals surface area contributed by atoms with Crippen molar-refractivity contribution in [3.05, 3.63) is 107 Å². The highest BCUT2D eigenvalue weighted by molar-refractivity contribution is 6.12. The Morgan fingerprint density at radius 1 is 0.806 bits per heavy atom. The van der Waals surface area contributed by atoms with E-state index in [0.29, 0.717) is 11.1 Å². The summed E-state index contributed by atoms with van der Waals surface area (Å²) in [5.74, 6) is -3.74. The third kappa shape index (κ3) is 2.08. The number of nitrogens with zero attached hydrogens (tertiary/aromatic N) is 1. The van der Waals surface area contributed by atoms with Crippen LogP contribution in [0.5, 0.6) is 0 Å². The summed E-state index contributed by atoms with van der Waals surface area (Å²) in [6, 6.07) is 24.1. The SMILES string of the molecule is O=C1[C@@H]2C3c4ccccc4C(C(=O)O)(c4ccccc43)[C@H]2C(=O)N1Cc1ccccc1. The molecule has 2 amide bonds. The molecule has 3 aliphatic carbocycles. The van der Waals surface area contributed by atoms with Gasteiger partial charge in [-0.25, -0.2) is 0 Å². The smallest absolute Gasteiger partial charge is 0.319 e. The van der Waals surface area contributed by atoms with Crippen LogP contribution in [0.1, 0.15) is 33.7 Å². The van der Waals surface area contributed by atoms with Crippen LogP contribution in [0.25, 0.3) is 0 Å². The molecule has 3 aromatic carbocycles. The highest BCUT2D eigenvalue weighted by Gasteiger charge is 2.71. The number of carbonyl (C=O) groups is 3. The minimum absolute atomic E-state index is 0.153. The molecule has 1 heterocycles. The number of aliphatic carboxylic acids is 1. The van der Waals surface area contributed by atoms with Gasteiger partial charge in [0.25, 0.3) is 0 Å². The van der Waals surface area contributed by atoms with Crippen LogP contribution in [0.3, 0.4) is 0 Å². The Morgan fingerprint density at radius 2 is 1.35 bits per heavy atom. The number of benzene rings is 3. The molecule has 0 radical (unpaired) electrons. The fourth-order valence-corrected chi connectivity index (χ4v) is 6.12. The van der Waals surface area contributed by atoms with E-state index in [1.165, 1.54) is 4.90 Å². The van der Waals surface area contributed by atoms with Crippen molar-refractivity contribution >= 4 is 17.8 Å². The number of rotatable bonds is 3. The highest BCUT2D eigenvalue weighted by Crippen LogP contribution is 2.64. The summed E-state index contributed by atoms with van der Waals surface area (Å²) < 4.78 is 0. The van der Waals surface area contributed by atoms with Crippen LogP contribution in [0.4, 0.5) is 0 Å². The van der Waals surface area contributed by atoms with Gasteiger partial charge in [0.2, 0.25) is 11.8 Å². The van der Waals surface area contributed by atoms with Gasteiger partial charge in [-0.15, -0.1) is 0 Å². The van der Waals surface area contributed by atoms with Crippen molar-refractivity contribution < 1.29 is 19.5 Å². The van der Waals surface area contributed by atoms with Crippen LogP contribution < -0.4 is 0 Å². The first-order valence-corrected chi connectivity index (χ1v) is 10.4. The molecule has 5 heteroatoms. The molecule has 3 aromatic rings. The summed E-state index contributed by atoms with van der Waals surface area (Å²) in [6.45, 7) is 0.153. The lowest BCUT2D eigenvalue weighted by molar-refractivity contribution is -0.150. The van der Waals surface area contributed by atoms with Crippen molar-refractivity contribution in [2.24, 2.45) is 11.8 Å². The van der Waals surface area contributed by atoms with E-state index in [1.807, 2.05) is 66.7 Å². The number of amides is 2. The normalized spacial score (nSPS) is 27.6. The predicted molar refractivity (Wildman–Crippen MR) is 112 cm³/mol. The monoisotopic (exact) mass is 409 g/mol. The van der Waals surface area contributed by atoms with Gasteiger partial charge in [0.05, 0.1) is 18.4 Å². The van der Waals surface area contributed by atoms with Crippen LogP contribution in [-0.4, -0.2) is 27.8 Å². The van der Waals surface area contributed by atoms with Gasteiger partial charge < -0.3 is 5.11 Å². The van der Waals surface area contributed by atoms with E-state index in [1.54, 1.807) is 12.1 Å². The molecule has 31 heavy (non-hydrogen) atoms. The Bertz CT molecular complexity index is 1220. The lowest BCUT2D eigenvalue weighted by atomic mass is 9.47. The summed E-state index contributed by atoms with van der Waals surface area (Å²) in [5.41, 5.74) is 2.23. The number of carboxylic acids is 1. The summed E-state index contributed by atoms with van der Waals surface area (Å²) in [4.78, 5) is 41.7. The zero-order chi connectivity index (χ0) is 21.3. The summed E-state index contributed by atoms with van der Waals surface area (Å²) in [5, 5.41) is 10.7. The van der Waals surface area contributed by atoms with E-state index >= 15 is 0 Å². The molecule has 1 N–H and O–H groups in total. The van der Waals surface area contributed by atoms with Gasteiger partial charge in [-0.3, -0.25) is 19.3 Å². The second-order valence-corrected chi connectivity index (χ2v) is 8.52. The van der Waals surface area contributed by atoms with Crippen molar-refractivity contribution in [2.45, 2.75) is 17.9 Å². The molecule has 7 rings (SSSR count). The average Bonchev–Trinajstić information content (AvgIpc) is 3.05. The van der Waals surface area contributed by atoms with Crippen LogP contribution in [0.2, 0.25) is 0 Å². The maximum absolute atomic E-state index is 13.7. The second kappa shape index (κ2) is 6.14. The molecule has 1 saturated heterocycles. The van der Waals surface area contributed by atoms with E-state index in [-0.39, 0.29) is 18.4 Å². The van der Waals surface area contributed by atoms with Crippen molar-refractivity contribution in [3.8, 4) is 0 Å². The number of likely N-dealkylation sites (tertiary alicyclic amines) is 1. The van der Waals surface area contributed by atoms with Crippen LogP contribution in [-0.2, 0) is 26.3 Å². The van der Waals surface area contributed by atoms with Crippen molar-refractivity contribution in [1.82, 2.24) is 4.90 Å². The Morgan fingerprint density at radius 3 is 1.94 bits per heavy atom. The molecule has 0 unspecified atom stereocenters. The topological polar surface area (TPSA) is 74.7 Å². The van der Waals surface area contributed by atoms with Crippen LogP contribution >= 0.6 is 0 Å². The fraction of sp³-hybridized carbons (Fsp3) is 0.192. The van der Waals surface area contributed by atoms with E-state index in [9.17, 15) is 19.5 Å². The number of hydrogen-bond acceptors (Lipinski definition) is 3. The summed E-state index contributed by atoms with van der Waals surface area (Å²) >= 11 is 0. The predicted octanol–water partition coefficient (Wildman–Crippen LogP) is 3.32. The number of carboxylic acid groups (broad SMARTS) is 1. The molecule has 0 spiro atoms. The second-order valence-electron chi connectivity index (χ2n) is 8.52. The number of imide groups is 1. The molecular formula is C26H19NO4. The van der Waals surface area contributed by atoms with Gasteiger partial charge in [-0.1, -0.05) is 78.9 Å². The standard InChI is InChI=1S/C26H19NO4/c28-23-21-20-16-10-4-6-12-18(16)26(25(30)31,19-13-7-5-11-17(19)20)22(21)24(29)27(23)14-15-8-2-1-3-9-15/h1-13,20-22H,14H2,(H,30,31)/t20?,21-,22-,26?/m1/s1. The minimum Gasteiger partial charge on any atom is -0.480 e. The Hall–Kier alpha value is -3.73. The zero-order valence-corrected chi connectivity index (χ0v) is 16.6. The molecule has 2 bridgehead atoms. The Labute approximate surface area is 178 Å². The lowest BCUT2D eigenvalue weighted by Crippen LogP contribution is -2.57. The van der Waals surface area contributed by atoms with Gasteiger partial charge in [0, 0.05) is 5.92 Å². The van der Waals surface area contributed by atoms with Gasteiger partial charge in [-0.05, 0) is 27.8 Å². The van der Waals surface area contributed by atoms with Gasteiger partial charge in [0.15, 0.2) is 0 Å². The molecule has 1 aliphatic heterocycles. The van der Waals surface area contributed by atoms with Crippen LogP contribution in [0.15, 0.2) is 78.9 Å². The van der Waals surface area contributed by atoms with E-state index in [0.717, 1.165) is 16.7 Å². The van der Waals surface area contributed by atoms with Crippen molar-refractivity contribution in [1.29, 1.82) is 0 Å². The van der Waals surface area contributed by atoms with E-state index in [4.69, 9.17) is 0 Å². The molecule has 1 fully saturated rings. The Balaban J connectivity index is 1.61. The first-order chi connectivity index (χ1) is 15.1. The molecule has 5 nitrogen and oxygen atoms in total. The Kier molecular flexibility index (Phi) is 3.58. The van der Waals surface area contributed by atoms with Crippen molar-refractivity contribution in [3.63, 3.8) is 0 Å². The van der Waals surface area contributed by atoms with E-state index < -0.39 is 29.1 Å². The lowest BCUT2D eigenvalue weighted by Gasteiger charge is -2.51. The fourth-order valence-electron chi connectivity index (χ4n) is 6.12. The highest BCUT2D eigenvalue weighted by atomic mass is 16.4. The zero-order valence-electron chi connectivity index (χ0n) is 16.6. The maximum Gasteiger partial charge on any atom is 0.319 e. The van der Waals surface area contributed by atoms with Gasteiger partial charge in [0.1, 0.15) is 5.41 Å². The third-order valence-corrected chi connectivity index (χ3v) is 7.23. The molecule has 4 aliphatic rings. The van der Waals surface area contributed by atoms with Crippen LogP contribution in [0, 0.1) is 11.8 Å². The molecule has 0 saturated carbocycles. The van der Waals surface area contributed by atoms with E-state index in [2.05, 4.69) is 0 Å². The largest absolute Gasteiger partial charge is 0.480 e. The first-order valence-electron chi connectivity index (χ1n) is 10.4. The quantitative estimate of drug-likeness (QED) is 0.674. The van der Waals surface area contributed by atoms with Gasteiger partial charge in [-0.2, -0.15) is 0 Å². The first kappa shape index (κ1) is 18.1. The van der Waals surface area contributed by atoms with Crippen molar-refractivity contribution in [2.75, 3.05) is 0 Å². The third-order valence-electron chi connectivity index (χ3n) is 7.23. The minimum atomic E-state index is -1.56. The summed E-state index contributed by atoms with van der Waals surface area (Å²) in [6.07, 6.45) is 0. The molecular weight excluding hydrogens is 390 g/mol. The maximum atomic E-state index is 13.7. The molecule has 0 aromatic heterocycles. The summed E-state index contributed by atoms with van der Waals surface area (Å²) in [7, 11) is 0. The number of hydrogen-bond donors (Lipinski definition) is 1. The molecule has 2 atom stereocenters. The average molecular weight is 409 g/mol. The molecule has 152 valence electrons. The van der Waals surface area contributed by atoms with Gasteiger partial charge >= 0.3 is 5.97 Å². The number of carbonyl (C=O) groups excluding carboxylic acids is 2.